The Balaban J connectivity index is 1.40. The predicted octanol–water partition coefficient (Wildman–Crippen LogP) is 4.96. The van der Waals surface area contributed by atoms with Crippen molar-refractivity contribution in [1.82, 2.24) is 15.2 Å². The third kappa shape index (κ3) is 4.96. The Labute approximate surface area is 222 Å². The monoisotopic (exact) mass is 544 g/mol. The van der Waals surface area contributed by atoms with Crippen LogP contribution in [-0.4, -0.2) is 46.6 Å². The predicted molar refractivity (Wildman–Crippen MR) is 136 cm³/mol. The first-order valence-corrected chi connectivity index (χ1v) is 12.6. The van der Waals surface area contributed by atoms with E-state index in [-0.39, 0.29) is 36.2 Å². The molecule has 0 saturated carbocycles. The lowest BCUT2D eigenvalue weighted by atomic mass is 9.66. The number of aliphatic hydroxyl groups is 1. The maximum absolute atomic E-state index is 16.0. The number of nitrogens with one attached hydrogen (secondary N) is 1. The summed E-state index contributed by atoms with van der Waals surface area (Å²) in [5, 5.41) is 14.3. The van der Waals surface area contributed by atoms with E-state index in [0.29, 0.717) is 36.4 Å². The Hall–Kier alpha value is -3.57. The summed E-state index contributed by atoms with van der Waals surface area (Å²) in [5.41, 5.74) is -1.54. The summed E-state index contributed by atoms with van der Waals surface area (Å²) in [5.74, 6) is -1.02. The lowest BCUT2D eigenvalue weighted by Crippen LogP contribution is -2.55. The summed E-state index contributed by atoms with van der Waals surface area (Å²) in [7, 11) is 0. The minimum Gasteiger partial charge on any atom is -0.384 e. The molecule has 2 aliphatic rings. The average molecular weight is 545 g/mol. The van der Waals surface area contributed by atoms with Crippen LogP contribution in [0.25, 0.3) is 10.9 Å². The fourth-order valence-corrected chi connectivity index (χ4v) is 5.55. The van der Waals surface area contributed by atoms with Crippen LogP contribution in [0.4, 0.5) is 28.0 Å². The molecule has 7 nitrogen and oxygen atoms in total. The van der Waals surface area contributed by atoms with Crippen LogP contribution < -0.4 is 10.2 Å². The van der Waals surface area contributed by atoms with Crippen molar-refractivity contribution >= 4 is 28.5 Å². The van der Waals surface area contributed by atoms with Crippen molar-refractivity contribution in [3.8, 4) is 0 Å². The highest BCUT2D eigenvalue weighted by atomic mass is 19.4. The fourth-order valence-electron chi connectivity index (χ4n) is 5.55. The summed E-state index contributed by atoms with van der Waals surface area (Å²) in [4.78, 5) is 31.4. The quantitative estimate of drug-likeness (QED) is 0.454. The van der Waals surface area contributed by atoms with Crippen molar-refractivity contribution in [2.45, 2.75) is 45.0 Å². The van der Waals surface area contributed by atoms with Crippen LogP contribution in [-0.2, 0) is 23.1 Å². The highest BCUT2D eigenvalue weighted by Crippen LogP contribution is 2.48. The molecule has 1 atom stereocenters. The SMILES string of the molecule is CC1(C)CN(Cc2ccc(C(F)(F)F)cc2)CCC1(O)c1ccc2ncc(N3CCC(=O)NC3=O)cc2c1F. The first kappa shape index (κ1) is 27.0. The Morgan fingerprint density at radius 2 is 1.79 bits per heavy atom. The molecule has 2 aliphatic heterocycles. The Morgan fingerprint density at radius 1 is 1.08 bits per heavy atom. The summed E-state index contributed by atoms with van der Waals surface area (Å²) in [6.07, 6.45) is -2.65. The molecule has 1 unspecified atom stereocenters. The second-order valence-corrected chi connectivity index (χ2v) is 10.8. The third-order valence-electron chi connectivity index (χ3n) is 7.81. The minimum absolute atomic E-state index is 0.114. The summed E-state index contributed by atoms with van der Waals surface area (Å²) >= 11 is 0. The Morgan fingerprint density at radius 3 is 2.44 bits per heavy atom. The number of carbonyl (C=O) groups is 2. The van der Waals surface area contributed by atoms with Crippen molar-refractivity contribution in [1.29, 1.82) is 0 Å². The fraction of sp³-hybridized carbons (Fsp3) is 0.393. The molecular weight excluding hydrogens is 516 g/mol. The number of hydrogen-bond donors (Lipinski definition) is 2. The molecule has 206 valence electrons. The number of imide groups is 1. The molecule has 3 heterocycles. The number of hydrogen-bond acceptors (Lipinski definition) is 5. The van der Waals surface area contributed by atoms with E-state index in [1.807, 2.05) is 18.7 Å². The Kier molecular flexibility index (Phi) is 6.62. The number of anilines is 1. The highest BCUT2D eigenvalue weighted by molar-refractivity contribution is 6.06. The van der Waals surface area contributed by atoms with Crippen LogP contribution >= 0.6 is 0 Å². The van der Waals surface area contributed by atoms with Crippen molar-refractivity contribution in [3.05, 3.63) is 71.2 Å². The summed E-state index contributed by atoms with van der Waals surface area (Å²) in [6.45, 7) is 4.98. The van der Waals surface area contributed by atoms with Crippen LogP contribution in [0.1, 0.15) is 43.4 Å². The van der Waals surface area contributed by atoms with Gasteiger partial charge in [-0.1, -0.05) is 32.0 Å². The maximum atomic E-state index is 16.0. The van der Waals surface area contributed by atoms with Crippen LogP contribution in [0.3, 0.4) is 0 Å². The van der Waals surface area contributed by atoms with Gasteiger partial charge in [0.2, 0.25) is 5.91 Å². The molecule has 2 saturated heterocycles. The molecule has 2 N–H and O–H groups in total. The third-order valence-corrected chi connectivity index (χ3v) is 7.81. The number of amides is 3. The van der Waals surface area contributed by atoms with Crippen LogP contribution in [0, 0.1) is 11.2 Å². The van der Waals surface area contributed by atoms with E-state index in [2.05, 4.69) is 10.3 Å². The molecule has 3 amide bonds. The molecule has 0 radical (unpaired) electrons. The van der Waals surface area contributed by atoms with Gasteiger partial charge in [-0.3, -0.25) is 24.9 Å². The van der Waals surface area contributed by atoms with Gasteiger partial charge in [0.1, 0.15) is 5.82 Å². The maximum Gasteiger partial charge on any atom is 0.416 e. The van der Waals surface area contributed by atoms with Crippen molar-refractivity contribution < 1.29 is 32.3 Å². The van der Waals surface area contributed by atoms with E-state index in [4.69, 9.17) is 0 Å². The van der Waals surface area contributed by atoms with Crippen LogP contribution in [0.2, 0.25) is 0 Å². The van der Waals surface area contributed by atoms with E-state index in [9.17, 15) is 27.9 Å². The molecule has 2 aromatic carbocycles. The number of piperidine rings is 1. The topological polar surface area (TPSA) is 85.8 Å². The van der Waals surface area contributed by atoms with Gasteiger partial charge in [-0.05, 0) is 36.2 Å². The first-order chi connectivity index (χ1) is 18.3. The molecule has 0 bridgehead atoms. The number of pyridine rings is 1. The van der Waals surface area contributed by atoms with Crippen LogP contribution in [0.15, 0.2) is 48.7 Å². The van der Waals surface area contributed by atoms with Gasteiger partial charge in [0.25, 0.3) is 0 Å². The Bertz CT molecular complexity index is 1440. The number of urea groups is 1. The average Bonchev–Trinajstić information content (AvgIpc) is 2.86. The number of benzene rings is 2. The normalized spacial score (nSPS) is 22.3. The second kappa shape index (κ2) is 9.56. The van der Waals surface area contributed by atoms with Gasteiger partial charge < -0.3 is 5.11 Å². The molecule has 1 aromatic heterocycles. The number of alkyl halides is 3. The minimum atomic E-state index is -4.40. The molecule has 11 heteroatoms. The van der Waals surface area contributed by atoms with E-state index in [1.165, 1.54) is 35.4 Å². The van der Waals surface area contributed by atoms with E-state index >= 15 is 4.39 Å². The van der Waals surface area contributed by atoms with Gasteiger partial charge in [-0.25, -0.2) is 9.18 Å². The number of carbonyl (C=O) groups excluding carboxylic acids is 2. The zero-order valence-electron chi connectivity index (χ0n) is 21.5. The zero-order chi connectivity index (χ0) is 28.2. The largest absolute Gasteiger partial charge is 0.416 e. The lowest BCUT2D eigenvalue weighted by molar-refractivity contribution is -0.137. The molecule has 5 rings (SSSR count). The van der Waals surface area contributed by atoms with E-state index in [0.717, 1.165) is 12.1 Å². The van der Waals surface area contributed by atoms with Gasteiger partial charge in [0.05, 0.1) is 28.6 Å². The molecule has 3 aromatic rings. The van der Waals surface area contributed by atoms with Crippen molar-refractivity contribution in [2.75, 3.05) is 24.5 Å². The van der Waals surface area contributed by atoms with Crippen molar-refractivity contribution in [3.63, 3.8) is 0 Å². The standard InChI is InChI=1S/C28H28F4N4O3/c1-26(2)16-35(15-17-3-5-18(6-4-17)28(30,31)32)12-10-27(26,39)21-7-8-22-20(24(21)29)13-19(14-33-22)36-11-9-23(37)34-25(36)38/h3-8,13-14,39H,9-12,15-16H2,1-2H3,(H,34,37,38). The van der Waals surface area contributed by atoms with E-state index in [1.54, 1.807) is 6.07 Å². The van der Waals surface area contributed by atoms with Crippen LogP contribution in [0.5, 0.6) is 0 Å². The highest BCUT2D eigenvalue weighted by Gasteiger charge is 2.50. The summed E-state index contributed by atoms with van der Waals surface area (Å²) in [6, 6.07) is 9.05. The van der Waals surface area contributed by atoms with Gasteiger partial charge in [-0.15, -0.1) is 0 Å². The number of halogens is 4. The number of nitrogens with zero attached hydrogens (tertiary/aromatic N) is 3. The molecule has 39 heavy (non-hydrogen) atoms. The molecule has 2 fully saturated rings. The van der Waals surface area contributed by atoms with Crippen molar-refractivity contribution in [2.24, 2.45) is 5.41 Å². The number of aromatic nitrogens is 1. The zero-order valence-corrected chi connectivity index (χ0v) is 21.5. The molecule has 0 aliphatic carbocycles. The number of rotatable bonds is 4. The second-order valence-electron chi connectivity index (χ2n) is 10.8. The number of fused-ring (bicyclic) bond motifs is 1. The van der Waals surface area contributed by atoms with Gasteiger partial charge >= 0.3 is 12.2 Å². The smallest absolute Gasteiger partial charge is 0.384 e. The van der Waals surface area contributed by atoms with Gasteiger partial charge in [0.15, 0.2) is 0 Å². The van der Waals surface area contributed by atoms with E-state index < -0.39 is 34.6 Å². The first-order valence-electron chi connectivity index (χ1n) is 12.6. The lowest BCUT2D eigenvalue weighted by Gasteiger charge is -2.50. The molecular formula is C28H28F4N4O3. The summed E-state index contributed by atoms with van der Waals surface area (Å²) < 4.78 is 54.7. The van der Waals surface area contributed by atoms with Gasteiger partial charge in [0, 0.05) is 49.0 Å². The number of likely N-dealkylation sites (tertiary alicyclic amines) is 1. The molecule has 0 spiro atoms. The van der Waals surface area contributed by atoms with Gasteiger partial charge in [-0.2, -0.15) is 13.2 Å².